The van der Waals surface area contributed by atoms with Gasteiger partial charge in [-0.25, -0.2) is 0 Å². The lowest BCUT2D eigenvalue weighted by Gasteiger charge is -2.37. The SMILES string of the molecule is C[Si](C)(C)O[Si](C)(C)O[Si](C)(C)COCC1CO1. The molecule has 0 saturated carbocycles. The first-order chi connectivity index (χ1) is 7.99. The molecule has 0 radical (unpaired) electrons. The van der Waals surface area contributed by atoms with Gasteiger partial charge in [0, 0.05) is 0 Å². The number of ether oxygens (including phenoxy) is 2. The van der Waals surface area contributed by atoms with E-state index in [1.165, 1.54) is 0 Å². The Morgan fingerprint density at radius 1 is 1.00 bits per heavy atom. The minimum absolute atomic E-state index is 0.332. The van der Waals surface area contributed by atoms with Crippen LogP contribution < -0.4 is 0 Å². The molecule has 18 heavy (non-hydrogen) atoms. The van der Waals surface area contributed by atoms with Gasteiger partial charge in [0.25, 0.3) is 0 Å². The maximum atomic E-state index is 6.33. The molecule has 4 nitrogen and oxygen atoms in total. The Kier molecular flexibility index (Phi) is 5.39. The van der Waals surface area contributed by atoms with Crippen molar-refractivity contribution in [3.63, 3.8) is 0 Å². The zero-order valence-corrected chi connectivity index (χ0v) is 15.8. The quantitative estimate of drug-likeness (QED) is 0.510. The van der Waals surface area contributed by atoms with Crippen LogP contribution >= 0.6 is 0 Å². The van der Waals surface area contributed by atoms with Gasteiger partial charge in [-0.1, -0.05) is 0 Å². The van der Waals surface area contributed by atoms with Gasteiger partial charge in [-0.15, -0.1) is 0 Å². The van der Waals surface area contributed by atoms with E-state index >= 15 is 0 Å². The van der Waals surface area contributed by atoms with Crippen LogP contribution in [0.5, 0.6) is 0 Å². The van der Waals surface area contributed by atoms with E-state index in [1.54, 1.807) is 0 Å². The molecule has 1 rings (SSSR count). The van der Waals surface area contributed by atoms with E-state index in [2.05, 4.69) is 45.8 Å². The topological polar surface area (TPSA) is 40.2 Å². The molecule has 1 unspecified atom stereocenters. The fraction of sp³-hybridized carbons (Fsp3) is 1.00. The van der Waals surface area contributed by atoms with Gasteiger partial charge in [-0.05, 0) is 45.8 Å². The normalized spacial score (nSPS) is 21.2. The van der Waals surface area contributed by atoms with Gasteiger partial charge < -0.3 is 17.7 Å². The summed E-state index contributed by atoms with van der Waals surface area (Å²) in [5.41, 5.74) is 0. The summed E-state index contributed by atoms with van der Waals surface area (Å²) >= 11 is 0. The summed E-state index contributed by atoms with van der Waals surface area (Å²) in [6.45, 7) is 16.9. The van der Waals surface area contributed by atoms with Gasteiger partial charge in [0.2, 0.25) is 8.32 Å². The van der Waals surface area contributed by atoms with Crippen molar-refractivity contribution in [1.29, 1.82) is 0 Å². The molecule has 0 bridgehead atoms. The third kappa shape index (κ3) is 7.82. The van der Waals surface area contributed by atoms with Gasteiger partial charge in [0.05, 0.1) is 19.4 Å². The van der Waals surface area contributed by atoms with Crippen molar-refractivity contribution in [2.24, 2.45) is 0 Å². The number of epoxide rings is 1. The molecule has 1 fully saturated rings. The standard InChI is InChI=1S/C11H28O4Si3/c1-16(2,3)14-18(6,7)15-17(4,5)10-12-8-11-9-13-11/h11H,8-10H2,1-7H3. The molecule has 1 heterocycles. The molecule has 108 valence electrons. The van der Waals surface area contributed by atoms with E-state index in [4.69, 9.17) is 17.7 Å². The summed E-state index contributed by atoms with van der Waals surface area (Å²) in [7, 11) is -5.35. The smallest absolute Gasteiger partial charge is 0.311 e. The summed E-state index contributed by atoms with van der Waals surface area (Å²) < 4.78 is 23.4. The van der Waals surface area contributed by atoms with Crippen LogP contribution in [0.4, 0.5) is 0 Å². The Morgan fingerprint density at radius 2 is 1.56 bits per heavy atom. The largest absolute Gasteiger partial charge is 0.437 e. The molecule has 1 saturated heterocycles. The van der Waals surface area contributed by atoms with Crippen molar-refractivity contribution in [3.05, 3.63) is 0 Å². The Labute approximate surface area is 114 Å². The predicted molar refractivity (Wildman–Crippen MR) is 81.0 cm³/mol. The van der Waals surface area contributed by atoms with Crippen molar-refractivity contribution in [2.45, 2.75) is 51.9 Å². The summed E-state index contributed by atoms with van der Waals surface area (Å²) in [5.74, 6) is 0. The van der Waals surface area contributed by atoms with Crippen LogP contribution in [-0.2, 0) is 17.7 Å². The van der Waals surface area contributed by atoms with Crippen LogP contribution in [0.1, 0.15) is 0 Å². The molecular weight excluding hydrogens is 280 g/mol. The monoisotopic (exact) mass is 308 g/mol. The minimum Gasteiger partial charge on any atom is -0.437 e. The Balaban J connectivity index is 2.35. The van der Waals surface area contributed by atoms with Crippen molar-refractivity contribution >= 4 is 25.2 Å². The maximum Gasteiger partial charge on any atom is 0.311 e. The van der Waals surface area contributed by atoms with Gasteiger partial charge >= 0.3 is 8.56 Å². The number of rotatable bonds is 8. The summed E-state index contributed by atoms with van der Waals surface area (Å²) in [4.78, 5) is 0. The zero-order valence-electron chi connectivity index (χ0n) is 12.8. The van der Waals surface area contributed by atoms with Gasteiger partial charge in [0.15, 0.2) is 8.32 Å². The van der Waals surface area contributed by atoms with E-state index in [-0.39, 0.29) is 0 Å². The third-order valence-corrected chi connectivity index (χ3v) is 11.7. The Bertz CT molecular complexity index is 272. The lowest BCUT2D eigenvalue weighted by Crippen LogP contribution is -2.53. The van der Waals surface area contributed by atoms with Gasteiger partial charge in [-0.3, -0.25) is 0 Å². The molecule has 0 spiro atoms. The molecule has 7 heteroatoms. The molecular formula is C11H28O4Si3. The molecule has 0 aromatic carbocycles. The zero-order chi connectivity index (χ0) is 14.0. The first-order valence-corrected chi connectivity index (χ1v) is 15.9. The molecule has 1 aliphatic heterocycles. The number of hydrogen-bond acceptors (Lipinski definition) is 4. The number of hydrogen-bond donors (Lipinski definition) is 0. The molecule has 0 amide bonds. The van der Waals surface area contributed by atoms with Gasteiger partial charge in [-0.2, -0.15) is 0 Å². The Hall–Kier alpha value is 0.491. The molecule has 0 aromatic rings. The van der Waals surface area contributed by atoms with Crippen molar-refractivity contribution in [1.82, 2.24) is 0 Å². The Morgan fingerprint density at radius 3 is 2.00 bits per heavy atom. The molecule has 1 aliphatic rings. The first kappa shape index (κ1) is 16.5. The van der Waals surface area contributed by atoms with Crippen LogP contribution in [0, 0.1) is 0 Å². The van der Waals surface area contributed by atoms with Crippen molar-refractivity contribution < 1.29 is 17.7 Å². The highest BCUT2D eigenvalue weighted by molar-refractivity contribution is 6.87. The second kappa shape index (κ2) is 5.86. The molecule has 1 atom stereocenters. The van der Waals surface area contributed by atoms with Crippen LogP contribution in [0.25, 0.3) is 0 Å². The van der Waals surface area contributed by atoms with Crippen LogP contribution in [0.15, 0.2) is 0 Å². The summed E-state index contributed by atoms with van der Waals surface area (Å²) in [5, 5.41) is 0. The molecule has 0 aromatic heterocycles. The van der Waals surface area contributed by atoms with Crippen LogP contribution in [0.2, 0.25) is 45.8 Å². The van der Waals surface area contributed by atoms with E-state index in [1.807, 2.05) is 0 Å². The maximum absolute atomic E-state index is 6.33. The predicted octanol–water partition coefficient (Wildman–Crippen LogP) is 2.72. The lowest BCUT2D eigenvalue weighted by molar-refractivity contribution is 0.142. The average molecular weight is 309 g/mol. The van der Waals surface area contributed by atoms with E-state index in [9.17, 15) is 0 Å². The summed E-state index contributed by atoms with van der Waals surface area (Å²) in [6, 6.07) is 0. The van der Waals surface area contributed by atoms with Crippen molar-refractivity contribution in [2.75, 3.05) is 19.4 Å². The highest BCUT2D eigenvalue weighted by atomic mass is 28.5. The fourth-order valence-corrected chi connectivity index (χ4v) is 14.7. The molecule has 0 aliphatic carbocycles. The van der Waals surface area contributed by atoms with E-state index in [0.717, 1.165) is 12.8 Å². The second-order valence-corrected chi connectivity index (χ2v) is 19.4. The fourth-order valence-electron chi connectivity index (χ4n) is 2.05. The highest BCUT2D eigenvalue weighted by Gasteiger charge is 2.38. The first-order valence-electron chi connectivity index (χ1n) is 6.59. The van der Waals surface area contributed by atoms with Crippen LogP contribution in [-0.4, -0.2) is 50.7 Å². The van der Waals surface area contributed by atoms with Gasteiger partial charge in [0.1, 0.15) is 6.10 Å². The van der Waals surface area contributed by atoms with Crippen LogP contribution in [0.3, 0.4) is 0 Å². The second-order valence-electron chi connectivity index (χ2n) is 6.95. The van der Waals surface area contributed by atoms with E-state index in [0.29, 0.717) is 12.7 Å². The lowest BCUT2D eigenvalue weighted by atomic mass is 10.5. The third-order valence-electron chi connectivity index (χ3n) is 2.23. The minimum atomic E-state index is -2.02. The van der Waals surface area contributed by atoms with Crippen molar-refractivity contribution in [3.8, 4) is 0 Å². The summed E-state index contributed by atoms with van der Waals surface area (Å²) in [6.07, 6.45) is 1.05. The molecule has 0 N–H and O–H groups in total. The average Bonchev–Trinajstić information content (AvgIpc) is 2.79. The highest BCUT2D eigenvalue weighted by Crippen LogP contribution is 2.21. The van der Waals surface area contributed by atoms with E-state index < -0.39 is 25.2 Å².